The molecule has 1 heterocycles. The first kappa shape index (κ1) is 19.0. The van der Waals surface area contributed by atoms with Crippen molar-refractivity contribution < 1.29 is 9.53 Å². The number of guanidine groups is 1. The van der Waals surface area contributed by atoms with Crippen LogP contribution in [0.1, 0.15) is 32.4 Å². The third kappa shape index (κ3) is 7.41. The Bertz CT molecular complexity index is 546. The van der Waals surface area contributed by atoms with Crippen molar-refractivity contribution in [2.45, 2.75) is 39.2 Å². The summed E-state index contributed by atoms with van der Waals surface area (Å²) in [4.78, 5) is 20.6. The summed E-state index contributed by atoms with van der Waals surface area (Å²) in [6.07, 6.45) is 4.54. The topological polar surface area (TPSA) is 87.6 Å². The van der Waals surface area contributed by atoms with Gasteiger partial charge in [-0.3, -0.25) is 9.98 Å². The minimum Gasteiger partial charge on any atom is -0.450 e. The molecule has 1 fully saturated rings. The molecule has 1 unspecified atom stereocenters. The van der Waals surface area contributed by atoms with Gasteiger partial charge < -0.3 is 20.7 Å². The predicted octanol–water partition coefficient (Wildman–Crippen LogP) is 1.70. The molecule has 0 radical (unpaired) electrons. The molecule has 25 heavy (non-hydrogen) atoms. The molecule has 1 saturated carbocycles. The van der Waals surface area contributed by atoms with E-state index in [4.69, 9.17) is 4.74 Å². The molecular weight excluding hydrogens is 318 g/mol. The Balaban J connectivity index is 1.82. The van der Waals surface area contributed by atoms with Gasteiger partial charge in [0.2, 0.25) is 0 Å². The molecule has 7 nitrogen and oxygen atoms in total. The maximum Gasteiger partial charge on any atom is 0.407 e. The van der Waals surface area contributed by atoms with Crippen LogP contribution >= 0.6 is 0 Å². The zero-order valence-corrected chi connectivity index (χ0v) is 15.1. The molecule has 0 aromatic carbocycles. The number of carbonyl (C=O) groups is 1. The summed E-state index contributed by atoms with van der Waals surface area (Å²) in [6, 6.07) is 5.95. The Morgan fingerprint density at radius 3 is 2.84 bits per heavy atom. The van der Waals surface area contributed by atoms with Crippen LogP contribution in [0, 0.1) is 5.92 Å². The number of aliphatic imine (C=N–C) groups is 1. The zero-order valence-electron chi connectivity index (χ0n) is 15.1. The third-order valence-corrected chi connectivity index (χ3v) is 3.96. The number of alkyl carbamates (subject to hydrolysis) is 1. The Labute approximate surface area is 149 Å². The number of aromatic nitrogens is 1. The van der Waals surface area contributed by atoms with E-state index >= 15 is 0 Å². The lowest BCUT2D eigenvalue weighted by Crippen LogP contribution is -2.42. The molecule has 0 spiro atoms. The summed E-state index contributed by atoms with van der Waals surface area (Å²) < 4.78 is 4.98. The van der Waals surface area contributed by atoms with Gasteiger partial charge in [-0.2, -0.15) is 0 Å². The largest absolute Gasteiger partial charge is 0.450 e. The molecule has 1 aromatic rings. The maximum absolute atomic E-state index is 11.7. The molecule has 7 heteroatoms. The van der Waals surface area contributed by atoms with E-state index in [2.05, 4.69) is 25.9 Å². The molecule has 0 saturated heterocycles. The minimum atomic E-state index is -0.359. The van der Waals surface area contributed by atoms with E-state index in [9.17, 15) is 4.79 Å². The average Bonchev–Trinajstić information content (AvgIpc) is 3.44. The van der Waals surface area contributed by atoms with Crippen molar-refractivity contribution in [3.05, 3.63) is 30.1 Å². The van der Waals surface area contributed by atoms with Crippen LogP contribution in [0.25, 0.3) is 0 Å². The second kappa shape index (κ2) is 10.5. The average molecular weight is 347 g/mol. The molecule has 0 aliphatic heterocycles. The van der Waals surface area contributed by atoms with E-state index in [1.54, 1.807) is 13.1 Å². The van der Waals surface area contributed by atoms with Crippen molar-refractivity contribution in [3.8, 4) is 0 Å². The van der Waals surface area contributed by atoms with Crippen molar-refractivity contribution in [1.29, 1.82) is 0 Å². The van der Waals surface area contributed by atoms with Gasteiger partial charge in [-0.15, -0.1) is 0 Å². The highest BCUT2D eigenvalue weighted by molar-refractivity contribution is 5.79. The molecule has 1 atom stereocenters. The minimum absolute atomic E-state index is 0.0327. The predicted molar refractivity (Wildman–Crippen MR) is 98.6 cm³/mol. The summed E-state index contributed by atoms with van der Waals surface area (Å²) in [7, 11) is 0. The van der Waals surface area contributed by atoms with Crippen LogP contribution in [-0.2, 0) is 11.2 Å². The molecule has 1 aliphatic carbocycles. The summed E-state index contributed by atoms with van der Waals surface area (Å²) in [5.41, 5.74) is 1.05. The van der Waals surface area contributed by atoms with E-state index in [0.717, 1.165) is 44.0 Å². The maximum atomic E-state index is 11.7. The Morgan fingerprint density at radius 1 is 1.36 bits per heavy atom. The fraction of sp³-hybridized carbons (Fsp3) is 0.611. The van der Waals surface area contributed by atoms with Gasteiger partial charge in [0, 0.05) is 31.4 Å². The van der Waals surface area contributed by atoms with E-state index < -0.39 is 0 Å². The van der Waals surface area contributed by atoms with Gasteiger partial charge in [0.25, 0.3) is 0 Å². The first-order chi connectivity index (χ1) is 12.2. The van der Waals surface area contributed by atoms with Crippen LogP contribution < -0.4 is 16.0 Å². The summed E-state index contributed by atoms with van der Waals surface area (Å²) in [6.45, 7) is 6.30. The van der Waals surface area contributed by atoms with Crippen molar-refractivity contribution in [1.82, 2.24) is 20.9 Å². The lowest BCUT2D eigenvalue weighted by Gasteiger charge is -2.17. The first-order valence-electron chi connectivity index (χ1n) is 9.08. The van der Waals surface area contributed by atoms with Gasteiger partial charge in [-0.25, -0.2) is 4.79 Å². The van der Waals surface area contributed by atoms with Gasteiger partial charge in [-0.1, -0.05) is 6.07 Å². The monoisotopic (exact) mass is 347 g/mol. The highest BCUT2D eigenvalue weighted by Crippen LogP contribution is 2.32. The van der Waals surface area contributed by atoms with Gasteiger partial charge in [0.1, 0.15) is 0 Å². The lowest BCUT2D eigenvalue weighted by molar-refractivity contribution is 0.147. The number of nitrogens with zero attached hydrogens (tertiary/aromatic N) is 2. The van der Waals surface area contributed by atoms with Crippen molar-refractivity contribution in [3.63, 3.8) is 0 Å². The van der Waals surface area contributed by atoms with Gasteiger partial charge in [-0.05, 0) is 44.7 Å². The van der Waals surface area contributed by atoms with Crippen LogP contribution in [0.2, 0.25) is 0 Å². The van der Waals surface area contributed by atoms with Gasteiger partial charge >= 0.3 is 6.09 Å². The van der Waals surface area contributed by atoms with Crippen LogP contribution in [0.4, 0.5) is 4.79 Å². The Morgan fingerprint density at radius 2 is 2.20 bits per heavy atom. The van der Waals surface area contributed by atoms with Crippen molar-refractivity contribution >= 4 is 12.1 Å². The SMILES string of the molecule is CCNC(=NCC(NC(=O)OCC)C1CC1)NCCc1ccccn1. The van der Waals surface area contributed by atoms with E-state index in [0.29, 0.717) is 19.1 Å². The summed E-state index contributed by atoms with van der Waals surface area (Å²) >= 11 is 0. The number of carbonyl (C=O) groups excluding carboxylic acids is 1. The number of pyridine rings is 1. The molecule has 1 aromatic heterocycles. The summed E-state index contributed by atoms with van der Waals surface area (Å²) in [5.74, 6) is 1.26. The van der Waals surface area contributed by atoms with Gasteiger partial charge in [0.15, 0.2) is 5.96 Å². The number of hydrogen-bond acceptors (Lipinski definition) is 4. The molecule has 1 aliphatic rings. The number of hydrogen-bond donors (Lipinski definition) is 3. The lowest BCUT2D eigenvalue weighted by atomic mass is 10.2. The fourth-order valence-electron chi connectivity index (χ4n) is 2.52. The van der Waals surface area contributed by atoms with Gasteiger partial charge in [0.05, 0.1) is 19.2 Å². The van der Waals surface area contributed by atoms with Crippen molar-refractivity contribution in [2.75, 3.05) is 26.2 Å². The van der Waals surface area contributed by atoms with Crippen LogP contribution in [0.3, 0.4) is 0 Å². The van der Waals surface area contributed by atoms with Crippen LogP contribution in [-0.4, -0.2) is 49.3 Å². The second-order valence-electron chi connectivity index (χ2n) is 6.03. The number of nitrogens with one attached hydrogen (secondary N) is 3. The molecule has 3 N–H and O–H groups in total. The number of ether oxygens (including phenoxy) is 1. The molecule has 0 bridgehead atoms. The normalized spacial score (nSPS) is 15.4. The first-order valence-corrected chi connectivity index (χ1v) is 9.08. The molecule has 2 rings (SSSR count). The fourth-order valence-corrected chi connectivity index (χ4v) is 2.52. The highest BCUT2D eigenvalue weighted by atomic mass is 16.5. The van der Waals surface area contributed by atoms with E-state index in [1.807, 2.05) is 25.1 Å². The molecule has 1 amide bonds. The highest BCUT2D eigenvalue weighted by Gasteiger charge is 2.32. The smallest absolute Gasteiger partial charge is 0.407 e. The van der Waals surface area contributed by atoms with Crippen LogP contribution in [0.15, 0.2) is 29.4 Å². The van der Waals surface area contributed by atoms with E-state index in [1.165, 1.54) is 0 Å². The van der Waals surface area contributed by atoms with Crippen molar-refractivity contribution in [2.24, 2.45) is 10.9 Å². The zero-order chi connectivity index (χ0) is 17.9. The number of amides is 1. The van der Waals surface area contributed by atoms with E-state index in [-0.39, 0.29) is 12.1 Å². The second-order valence-corrected chi connectivity index (χ2v) is 6.03. The number of rotatable bonds is 9. The quantitative estimate of drug-likeness (QED) is 0.467. The Hall–Kier alpha value is -2.31. The molecule has 138 valence electrons. The van der Waals surface area contributed by atoms with Crippen LogP contribution in [0.5, 0.6) is 0 Å². The Kier molecular flexibility index (Phi) is 8.01. The summed E-state index contributed by atoms with van der Waals surface area (Å²) in [5, 5.41) is 9.48. The standard InChI is InChI=1S/C18H29N5O2/c1-3-19-17(21-12-10-15-7-5-6-11-20-15)22-13-16(14-8-9-14)23-18(24)25-4-2/h5-7,11,14,16H,3-4,8-10,12-13H2,1-2H3,(H,23,24)(H2,19,21,22). The molecular formula is C18H29N5O2. The third-order valence-electron chi connectivity index (χ3n) is 3.96.